The molecule has 5 rings (SSSR count). The summed E-state index contributed by atoms with van der Waals surface area (Å²) in [5.41, 5.74) is 1.55. The van der Waals surface area contributed by atoms with Crippen LogP contribution < -0.4 is 25.7 Å². The summed E-state index contributed by atoms with van der Waals surface area (Å²) in [5, 5.41) is 7.67. The fourth-order valence-electron chi connectivity index (χ4n) is 4.73. The zero-order valence-electron chi connectivity index (χ0n) is 21.6. The van der Waals surface area contributed by atoms with E-state index in [2.05, 4.69) is 44.6 Å². The van der Waals surface area contributed by atoms with Crippen LogP contribution in [0.2, 0.25) is 5.02 Å². The summed E-state index contributed by atoms with van der Waals surface area (Å²) in [4.78, 5) is 26.5. The second-order valence-corrected chi connectivity index (χ2v) is 10.1. The first-order valence-electron chi connectivity index (χ1n) is 12.6. The van der Waals surface area contributed by atoms with Gasteiger partial charge in [0.1, 0.15) is 11.5 Å². The predicted molar refractivity (Wildman–Crippen MR) is 152 cm³/mol. The molecule has 0 atom stereocenters. The van der Waals surface area contributed by atoms with Gasteiger partial charge in [-0.2, -0.15) is 4.98 Å². The Morgan fingerprint density at radius 1 is 1.00 bits per heavy atom. The number of hydrogen-bond donors (Lipinski definition) is 3. The highest BCUT2D eigenvalue weighted by Gasteiger charge is 2.24. The number of halogens is 1. The van der Waals surface area contributed by atoms with E-state index < -0.39 is 0 Å². The number of benzene rings is 2. The number of hydrogen-bond acceptors (Lipinski definition) is 8. The number of methoxy groups -OCH3 is 1. The number of fused-ring (bicyclic) bond motifs is 1. The monoisotopic (exact) mass is 534 g/mol. The molecule has 0 spiro atoms. The van der Waals surface area contributed by atoms with E-state index in [-0.39, 0.29) is 11.7 Å². The van der Waals surface area contributed by atoms with Gasteiger partial charge in [-0.15, -0.1) is 0 Å². The van der Waals surface area contributed by atoms with Crippen molar-refractivity contribution in [1.82, 2.24) is 19.9 Å². The topological polar surface area (TPSA) is 104 Å². The minimum absolute atomic E-state index is 0.180. The molecule has 10 heteroatoms. The molecule has 3 N–H and O–H groups in total. The van der Waals surface area contributed by atoms with Crippen molar-refractivity contribution in [3.63, 3.8) is 0 Å². The molecule has 0 saturated heterocycles. The van der Waals surface area contributed by atoms with Crippen LogP contribution in [0.1, 0.15) is 25.7 Å². The van der Waals surface area contributed by atoms with Crippen molar-refractivity contribution in [2.75, 3.05) is 31.8 Å². The van der Waals surface area contributed by atoms with Crippen LogP contribution in [-0.4, -0.2) is 53.2 Å². The lowest BCUT2D eigenvalue weighted by Crippen LogP contribution is -2.35. The molecule has 0 amide bonds. The molecule has 1 saturated carbocycles. The summed E-state index contributed by atoms with van der Waals surface area (Å²) in [5.74, 6) is 2.20. The number of ether oxygens (including phenoxy) is 2. The van der Waals surface area contributed by atoms with Gasteiger partial charge in [0.25, 0.3) is 5.56 Å². The maximum absolute atomic E-state index is 12.6. The summed E-state index contributed by atoms with van der Waals surface area (Å²) in [6.07, 6.45) is 6.08. The maximum Gasteiger partial charge on any atom is 0.272 e. The van der Waals surface area contributed by atoms with Crippen LogP contribution in [0.3, 0.4) is 0 Å². The van der Waals surface area contributed by atoms with Crippen molar-refractivity contribution in [1.29, 1.82) is 0 Å². The molecule has 2 heterocycles. The van der Waals surface area contributed by atoms with Crippen molar-refractivity contribution < 1.29 is 9.47 Å². The first-order valence-corrected chi connectivity index (χ1v) is 13.0. The minimum Gasteiger partial charge on any atom is -0.493 e. The summed E-state index contributed by atoms with van der Waals surface area (Å²) in [7, 11) is 5.90. The van der Waals surface area contributed by atoms with Crippen molar-refractivity contribution in [2.24, 2.45) is 0 Å². The molecular weight excluding hydrogens is 504 g/mol. The van der Waals surface area contributed by atoms with Gasteiger partial charge in [0.2, 0.25) is 5.95 Å². The molecule has 9 nitrogen and oxygen atoms in total. The van der Waals surface area contributed by atoms with Crippen LogP contribution in [0, 0.1) is 0 Å². The molecule has 1 fully saturated rings. The van der Waals surface area contributed by atoms with Crippen LogP contribution in [0.4, 0.5) is 23.1 Å². The summed E-state index contributed by atoms with van der Waals surface area (Å²) >= 11 is 6.10. The smallest absolute Gasteiger partial charge is 0.272 e. The number of nitrogens with one attached hydrogen (secondary N) is 3. The molecule has 38 heavy (non-hydrogen) atoms. The number of aromatic nitrogens is 3. The third-order valence-electron chi connectivity index (χ3n) is 6.81. The summed E-state index contributed by atoms with van der Waals surface area (Å²) < 4.78 is 11.9. The largest absolute Gasteiger partial charge is 0.493 e. The van der Waals surface area contributed by atoms with Crippen LogP contribution in [0.5, 0.6) is 11.5 Å². The van der Waals surface area contributed by atoms with Gasteiger partial charge >= 0.3 is 0 Å². The predicted octanol–water partition coefficient (Wildman–Crippen LogP) is 5.72. The fraction of sp³-hybridized carbons (Fsp3) is 0.321. The summed E-state index contributed by atoms with van der Waals surface area (Å²) in [6.45, 7) is 0. The lowest BCUT2D eigenvalue weighted by Gasteiger charge is -2.33. The SMILES string of the molecule is COc1cc(Nc2nccc(Nc3cc4cc(Cl)ccc4[nH]c3=O)n2)ccc1OC1CCC(N(C)C)CC1. The standard InChI is InChI=1S/C28H31ClN6O3/c1-35(2)20-6-8-21(9-7-20)38-24-11-5-19(16-25(24)37-3)31-28-30-13-12-26(34-28)32-23-15-17-14-18(29)4-10-22(17)33-27(23)36/h4-5,10-16,20-21H,6-9H2,1-3H3,(H,33,36)(H2,30,31,32,34). The second-order valence-electron chi connectivity index (χ2n) is 9.64. The van der Waals surface area contributed by atoms with Gasteiger partial charge in [0, 0.05) is 39.9 Å². The average molecular weight is 535 g/mol. The Kier molecular flexibility index (Phi) is 7.67. The highest BCUT2D eigenvalue weighted by atomic mass is 35.5. The average Bonchev–Trinajstić information content (AvgIpc) is 2.91. The van der Waals surface area contributed by atoms with E-state index in [1.54, 1.807) is 43.6 Å². The zero-order chi connectivity index (χ0) is 26.6. The van der Waals surface area contributed by atoms with E-state index in [0.717, 1.165) is 42.5 Å². The number of anilines is 4. The van der Waals surface area contributed by atoms with E-state index in [4.69, 9.17) is 21.1 Å². The third-order valence-corrected chi connectivity index (χ3v) is 7.05. The summed E-state index contributed by atoms with van der Waals surface area (Å²) in [6, 6.07) is 15.0. The van der Waals surface area contributed by atoms with Crippen LogP contribution in [-0.2, 0) is 0 Å². The first-order chi connectivity index (χ1) is 18.4. The Bertz CT molecular complexity index is 1480. The minimum atomic E-state index is -0.261. The number of pyridine rings is 1. The van der Waals surface area contributed by atoms with E-state index in [0.29, 0.717) is 39.8 Å². The molecule has 2 aromatic carbocycles. The van der Waals surface area contributed by atoms with Crippen LogP contribution in [0.15, 0.2) is 59.5 Å². The van der Waals surface area contributed by atoms with E-state index in [1.165, 1.54) is 0 Å². The maximum atomic E-state index is 12.6. The van der Waals surface area contributed by atoms with E-state index in [1.807, 2.05) is 18.2 Å². The van der Waals surface area contributed by atoms with Crippen molar-refractivity contribution in [2.45, 2.75) is 37.8 Å². The number of rotatable bonds is 8. The Labute approximate surface area is 226 Å². The Morgan fingerprint density at radius 2 is 1.82 bits per heavy atom. The molecule has 0 aliphatic heterocycles. The Morgan fingerprint density at radius 3 is 2.58 bits per heavy atom. The molecule has 1 aliphatic carbocycles. The van der Waals surface area contributed by atoms with Gasteiger partial charge < -0.3 is 30.0 Å². The lowest BCUT2D eigenvalue weighted by atomic mass is 9.92. The Hall–Kier alpha value is -3.82. The lowest BCUT2D eigenvalue weighted by molar-refractivity contribution is 0.108. The van der Waals surface area contributed by atoms with Gasteiger partial charge in [-0.1, -0.05) is 11.6 Å². The molecule has 2 aromatic heterocycles. The van der Waals surface area contributed by atoms with Crippen LogP contribution in [0.25, 0.3) is 10.9 Å². The first kappa shape index (κ1) is 25.8. The molecule has 198 valence electrons. The normalized spacial score (nSPS) is 17.4. The fourth-order valence-corrected chi connectivity index (χ4v) is 4.91. The molecule has 0 unspecified atom stereocenters. The quantitative estimate of drug-likeness (QED) is 0.264. The van der Waals surface area contributed by atoms with Gasteiger partial charge in [0.05, 0.1) is 13.2 Å². The van der Waals surface area contributed by atoms with Gasteiger partial charge in [-0.05, 0) is 82.2 Å². The van der Waals surface area contributed by atoms with Gasteiger partial charge in [-0.25, -0.2) is 4.98 Å². The molecular formula is C28H31ClN6O3. The van der Waals surface area contributed by atoms with Gasteiger partial charge in [-0.3, -0.25) is 4.79 Å². The zero-order valence-corrected chi connectivity index (χ0v) is 22.4. The van der Waals surface area contributed by atoms with E-state index in [9.17, 15) is 4.79 Å². The Balaban J connectivity index is 1.28. The van der Waals surface area contributed by atoms with Crippen molar-refractivity contribution in [3.05, 3.63) is 70.1 Å². The number of H-pyrrole nitrogens is 1. The molecule has 4 aromatic rings. The number of aromatic amines is 1. The molecule has 0 radical (unpaired) electrons. The van der Waals surface area contributed by atoms with Crippen LogP contribution >= 0.6 is 11.6 Å². The van der Waals surface area contributed by atoms with Crippen molar-refractivity contribution >= 4 is 45.6 Å². The second kappa shape index (κ2) is 11.3. The highest BCUT2D eigenvalue weighted by Crippen LogP contribution is 2.34. The van der Waals surface area contributed by atoms with Crippen molar-refractivity contribution in [3.8, 4) is 11.5 Å². The highest BCUT2D eigenvalue weighted by molar-refractivity contribution is 6.31. The van der Waals surface area contributed by atoms with Gasteiger partial charge in [0.15, 0.2) is 11.5 Å². The molecule has 1 aliphatic rings. The third kappa shape index (κ3) is 6.00. The number of nitrogens with zero attached hydrogens (tertiary/aromatic N) is 3. The molecule has 0 bridgehead atoms. The van der Waals surface area contributed by atoms with E-state index >= 15 is 0 Å².